The number of hydrogen-bond donors (Lipinski definition) is 0. The van der Waals surface area contributed by atoms with Crippen molar-refractivity contribution in [3.63, 3.8) is 0 Å². The minimum Gasteiger partial charge on any atom is -0.353 e. The fraction of sp³-hybridized carbons (Fsp3) is 0.625. The van der Waals surface area contributed by atoms with Crippen molar-refractivity contribution in [2.24, 2.45) is 5.92 Å². The first-order chi connectivity index (χ1) is 9.28. The van der Waals surface area contributed by atoms with Gasteiger partial charge in [0.2, 0.25) is 0 Å². The predicted octanol–water partition coefficient (Wildman–Crippen LogP) is 3.42. The van der Waals surface area contributed by atoms with E-state index in [4.69, 9.17) is 5.26 Å². The van der Waals surface area contributed by atoms with Crippen molar-refractivity contribution >= 4 is 5.82 Å². The molecule has 2 fully saturated rings. The highest BCUT2D eigenvalue weighted by atomic mass is 15.2. The van der Waals surface area contributed by atoms with Crippen LogP contribution < -0.4 is 4.90 Å². The van der Waals surface area contributed by atoms with Crippen LogP contribution in [0.5, 0.6) is 0 Å². The van der Waals surface area contributed by atoms with Gasteiger partial charge in [-0.15, -0.1) is 0 Å². The van der Waals surface area contributed by atoms with E-state index in [1.807, 2.05) is 19.1 Å². The highest BCUT2D eigenvalue weighted by Gasteiger charge is 2.33. The number of aromatic nitrogens is 1. The van der Waals surface area contributed by atoms with E-state index in [-0.39, 0.29) is 0 Å². The van der Waals surface area contributed by atoms with Crippen molar-refractivity contribution in [2.75, 3.05) is 11.4 Å². The molecule has 100 valence electrons. The Bertz CT molecular complexity index is 501. The molecule has 0 bridgehead atoms. The van der Waals surface area contributed by atoms with Crippen LogP contribution in [0.2, 0.25) is 0 Å². The van der Waals surface area contributed by atoms with Gasteiger partial charge >= 0.3 is 0 Å². The molecule has 2 heterocycles. The van der Waals surface area contributed by atoms with Gasteiger partial charge in [0.05, 0.1) is 11.6 Å². The van der Waals surface area contributed by atoms with Crippen LogP contribution in [0.15, 0.2) is 12.1 Å². The molecule has 2 aliphatic rings. The van der Waals surface area contributed by atoms with Crippen LogP contribution in [0.1, 0.15) is 49.8 Å². The lowest BCUT2D eigenvalue weighted by Gasteiger charge is -2.44. The lowest BCUT2D eigenvalue weighted by molar-refractivity contribution is 0.242. The number of aryl methyl sites for hydroxylation is 1. The average Bonchev–Trinajstić information content (AvgIpc) is 2.46. The van der Waals surface area contributed by atoms with Gasteiger partial charge in [0.25, 0.3) is 0 Å². The van der Waals surface area contributed by atoms with Gasteiger partial charge in [0, 0.05) is 18.3 Å². The summed E-state index contributed by atoms with van der Waals surface area (Å²) < 4.78 is 0. The first-order valence-corrected chi connectivity index (χ1v) is 7.43. The number of anilines is 1. The molecule has 1 saturated carbocycles. The van der Waals surface area contributed by atoms with E-state index < -0.39 is 0 Å². The SMILES string of the molecule is Cc1cc(C#N)cc(N2CCCC3CCCCC32)n1. The van der Waals surface area contributed by atoms with Crippen molar-refractivity contribution in [3.05, 3.63) is 23.4 Å². The Morgan fingerprint density at radius 3 is 2.84 bits per heavy atom. The minimum absolute atomic E-state index is 0.656. The molecule has 2 unspecified atom stereocenters. The third-order valence-corrected chi connectivity index (χ3v) is 4.61. The van der Waals surface area contributed by atoms with Crippen LogP contribution in [0.4, 0.5) is 5.82 Å². The molecule has 3 nitrogen and oxygen atoms in total. The summed E-state index contributed by atoms with van der Waals surface area (Å²) in [6.07, 6.45) is 8.03. The fourth-order valence-electron chi connectivity index (χ4n) is 3.77. The Balaban J connectivity index is 1.91. The normalized spacial score (nSPS) is 26.6. The Morgan fingerprint density at radius 2 is 2.00 bits per heavy atom. The molecule has 1 aromatic rings. The van der Waals surface area contributed by atoms with Gasteiger partial charge in [-0.05, 0) is 50.7 Å². The third-order valence-electron chi connectivity index (χ3n) is 4.61. The molecule has 19 heavy (non-hydrogen) atoms. The molecular formula is C16H21N3. The van der Waals surface area contributed by atoms with E-state index >= 15 is 0 Å². The quantitative estimate of drug-likeness (QED) is 0.772. The molecule has 0 spiro atoms. The van der Waals surface area contributed by atoms with E-state index in [2.05, 4.69) is 16.0 Å². The number of fused-ring (bicyclic) bond motifs is 1. The summed E-state index contributed by atoms with van der Waals surface area (Å²) in [6.45, 7) is 3.08. The average molecular weight is 255 g/mol. The molecule has 1 aliphatic carbocycles. The number of nitrogens with zero attached hydrogens (tertiary/aromatic N) is 3. The zero-order chi connectivity index (χ0) is 13.2. The summed E-state index contributed by atoms with van der Waals surface area (Å²) in [7, 11) is 0. The van der Waals surface area contributed by atoms with E-state index in [9.17, 15) is 0 Å². The lowest BCUT2D eigenvalue weighted by Crippen LogP contribution is -2.47. The summed E-state index contributed by atoms with van der Waals surface area (Å²) in [5, 5.41) is 9.12. The van der Waals surface area contributed by atoms with Gasteiger partial charge < -0.3 is 4.90 Å². The topological polar surface area (TPSA) is 39.9 Å². The van der Waals surface area contributed by atoms with Gasteiger partial charge in [0.1, 0.15) is 5.82 Å². The zero-order valence-corrected chi connectivity index (χ0v) is 11.6. The Kier molecular flexibility index (Phi) is 3.42. The summed E-state index contributed by atoms with van der Waals surface area (Å²) in [5.74, 6) is 1.86. The molecule has 3 heteroatoms. The second kappa shape index (κ2) is 5.21. The zero-order valence-electron chi connectivity index (χ0n) is 11.6. The number of rotatable bonds is 1. The second-order valence-corrected chi connectivity index (χ2v) is 5.91. The van der Waals surface area contributed by atoms with Crippen LogP contribution in [0, 0.1) is 24.2 Å². The van der Waals surface area contributed by atoms with Gasteiger partial charge in [-0.3, -0.25) is 0 Å². The van der Waals surface area contributed by atoms with Gasteiger partial charge in [-0.2, -0.15) is 5.26 Å². The van der Waals surface area contributed by atoms with E-state index in [0.717, 1.165) is 29.5 Å². The Hall–Kier alpha value is -1.56. The molecular weight excluding hydrogens is 234 g/mol. The summed E-state index contributed by atoms with van der Waals surface area (Å²) >= 11 is 0. The molecule has 1 aromatic heterocycles. The van der Waals surface area contributed by atoms with Gasteiger partial charge in [-0.25, -0.2) is 4.98 Å². The molecule has 1 saturated heterocycles. The van der Waals surface area contributed by atoms with Crippen molar-refractivity contribution < 1.29 is 0 Å². The van der Waals surface area contributed by atoms with Crippen molar-refractivity contribution in [1.29, 1.82) is 5.26 Å². The summed E-state index contributed by atoms with van der Waals surface area (Å²) in [6, 6.07) is 6.74. The van der Waals surface area contributed by atoms with Crippen LogP contribution in [-0.4, -0.2) is 17.6 Å². The molecule has 0 amide bonds. The molecule has 0 N–H and O–H groups in total. The number of nitriles is 1. The van der Waals surface area contributed by atoms with E-state index in [1.165, 1.54) is 38.5 Å². The predicted molar refractivity (Wildman–Crippen MR) is 76.0 cm³/mol. The van der Waals surface area contributed by atoms with Crippen molar-refractivity contribution in [1.82, 2.24) is 4.98 Å². The fourth-order valence-corrected chi connectivity index (χ4v) is 3.77. The Morgan fingerprint density at radius 1 is 1.21 bits per heavy atom. The maximum absolute atomic E-state index is 9.12. The monoisotopic (exact) mass is 255 g/mol. The van der Waals surface area contributed by atoms with E-state index in [0.29, 0.717) is 6.04 Å². The molecule has 0 radical (unpaired) electrons. The Labute approximate surface area is 115 Å². The van der Waals surface area contributed by atoms with Gasteiger partial charge in [-0.1, -0.05) is 12.8 Å². The first-order valence-electron chi connectivity index (χ1n) is 7.43. The smallest absolute Gasteiger partial charge is 0.130 e. The van der Waals surface area contributed by atoms with Crippen LogP contribution >= 0.6 is 0 Å². The molecule has 0 aromatic carbocycles. The van der Waals surface area contributed by atoms with Crippen LogP contribution in [-0.2, 0) is 0 Å². The highest BCUT2D eigenvalue weighted by Crippen LogP contribution is 2.37. The van der Waals surface area contributed by atoms with Crippen LogP contribution in [0.25, 0.3) is 0 Å². The maximum Gasteiger partial charge on any atom is 0.130 e. The largest absolute Gasteiger partial charge is 0.353 e. The molecule has 2 atom stereocenters. The minimum atomic E-state index is 0.656. The number of piperidine rings is 1. The molecule has 3 rings (SSSR count). The lowest BCUT2D eigenvalue weighted by atomic mass is 9.78. The standard InChI is InChI=1S/C16H21N3/c1-12-9-13(11-17)10-16(18-12)19-8-4-6-14-5-2-3-7-15(14)19/h9-10,14-15H,2-8H2,1H3. The number of pyridine rings is 1. The second-order valence-electron chi connectivity index (χ2n) is 5.91. The first kappa shape index (κ1) is 12.5. The maximum atomic E-state index is 9.12. The highest BCUT2D eigenvalue weighted by molar-refractivity contribution is 5.48. The molecule has 1 aliphatic heterocycles. The summed E-state index contributed by atoms with van der Waals surface area (Å²) in [5.41, 5.74) is 1.69. The van der Waals surface area contributed by atoms with Gasteiger partial charge in [0.15, 0.2) is 0 Å². The van der Waals surface area contributed by atoms with E-state index in [1.54, 1.807) is 0 Å². The summed E-state index contributed by atoms with van der Waals surface area (Å²) in [4.78, 5) is 7.14. The third kappa shape index (κ3) is 2.45. The van der Waals surface area contributed by atoms with Crippen LogP contribution in [0.3, 0.4) is 0 Å². The van der Waals surface area contributed by atoms with Crippen molar-refractivity contribution in [3.8, 4) is 6.07 Å². The van der Waals surface area contributed by atoms with Crippen molar-refractivity contribution in [2.45, 2.75) is 51.5 Å². The number of hydrogen-bond acceptors (Lipinski definition) is 3.